The number of hydrogen-bond acceptors (Lipinski definition) is 1. The largest absolute Gasteiger partial charge is 0.303 e. The Morgan fingerprint density at radius 2 is 1.92 bits per heavy atom. The van der Waals surface area contributed by atoms with Crippen molar-refractivity contribution in [3.05, 3.63) is 0 Å². The molecule has 0 heterocycles. The second-order valence-electron chi connectivity index (χ2n) is 3.79. The summed E-state index contributed by atoms with van der Waals surface area (Å²) in [5, 5.41) is 0. The van der Waals surface area contributed by atoms with Gasteiger partial charge in [-0.05, 0) is 25.7 Å². The fourth-order valence-electron chi connectivity index (χ4n) is 2.11. The molecule has 0 radical (unpaired) electrons. The molecule has 70 valence electrons. The fraction of sp³-hybridized carbons (Fsp3) is 0.900. The Morgan fingerprint density at radius 1 is 1.33 bits per heavy atom. The van der Waals surface area contributed by atoms with Gasteiger partial charge >= 0.3 is 0 Å². The van der Waals surface area contributed by atoms with Crippen molar-refractivity contribution in [1.29, 1.82) is 0 Å². The van der Waals surface area contributed by atoms with Crippen molar-refractivity contribution in [3.8, 4) is 0 Å². The van der Waals surface area contributed by atoms with Crippen LogP contribution in [0.5, 0.6) is 0 Å². The van der Waals surface area contributed by atoms with Crippen molar-refractivity contribution < 1.29 is 9.18 Å². The molecule has 0 amide bonds. The number of carbonyl (C=O) groups is 1. The average molecular weight is 172 g/mol. The summed E-state index contributed by atoms with van der Waals surface area (Å²) < 4.78 is 12.9. The van der Waals surface area contributed by atoms with Gasteiger partial charge in [0, 0.05) is 5.92 Å². The lowest BCUT2D eigenvalue weighted by atomic mass is 9.79. The third-order valence-electron chi connectivity index (χ3n) is 2.88. The third-order valence-corrected chi connectivity index (χ3v) is 2.88. The maximum absolute atomic E-state index is 12.9. The van der Waals surface area contributed by atoms with Gasteiger partial charge in [-0.3, -0.25) is 0 Å². The maximum Gasteiger partial charge on any atom is 0.126 e. The van der Waals surface area contributed by atoms with E-state index in [4.69, 9.17) is 0 Å². The van der Waals surface area contributed by atoms with Crippen LogP contribution in [-0.2, 0) is 4.79 Å². The summed E-state index contributed by atoms with van der Waals surface area (Å²) in [5.74, 6) is -0.0263. The highest BCUT2D eigenvalue weighted by Crippen LogP contribution is 2.31. The van der Waals surface area contributed by atoms with Crippen molar-refractivity contribution >= 4 is 6.29 Å². The lowest BCUT2D eigenvalue weighted by Crippen LogP contribution is -2.26. The second-order valence-corrected chi connectivity index (χ2v) is 3.79. The number of halogens is 1. The summed E-state index contributed by atoms with van der Waals surface area (Å²) >= 11 is 0. The van der Waals surface area contributed by atoms with Crippen LogP contribution in [0.2, 0.25) is 0 Å². The molecule has 0 N–H and O–H groups in total. The van der Waals surface area contributed by atoms with Crippen molar-refractivity contribution in [3.63, 3.8) is 0 Å². The average Bonchev–Trinajstić information content (AvgIpc) is 2.07. The van der Waals surface area contributed by atoms with Crippen molar-refractivity contribution in [2.75, 3.05) is 0 Å². The minimum atomic E-state index is -0.967. The van der Waals surface area contributed by atoms with E-state index in [0.717, 1.165) is 19.1 Å². The molecule has 1 saturated carbocycles. The van der Waals surface area contributed by atoms with Gasteiger partial charge in [0.25, 0.3) is 0 Å². The van der Waals surface area contributed by atoms with E-state index in [1.165, 1.54) is 26.2 Å². The molecule has 0 aromatic heterocycles. The molecule has 0 saturated heterocycles. The van der Waals surface area contributed by atoms with Gasteiger partial charge in [-0.25, -0.2) is 4.39 Å². The van der Waals surface area contributed by atoms with Gasteiger partial charge in [0.1, 0.15) is 12.5 Å². The minimum absolute atomic E-state index is 0.316. The molecule has 0 aromatic carbocycles. The molecule has 0 aliphatic heterocycles. The van der Waals surface area contributed by atoms with E-state index < -0.39 is 6.17 Å². The lowest BCUT2D eigenvalue weighted by molar-refractivity contribution is -0.114. The van der Waals surface area contributed by atoms with E-state index in [9.17, 15) is 9.18 Å². The first kappa shape index (κ1) is 9.69. The normalized spacial score (nSPS) is 24.8. The molecule has 1 rings (SSSR count). The Balaban J connectivity index is 2.45. The first-order valence-electron chi connectivity index (χ1n) is 4.85. The van der Waals surface area contributed by atoms with E-state index in [1.807, 2.05) is 0 Å². The third kappa shape index (κ3) is 2.29. The number of hydrogen-bond donors (Lipinski definition) is 0. The summed E-state index contributed by atoms with van der Waals surface area (Å²) in [4.78, 5) is 10.6. The minimum Gasteiger partial charge on any atom is -0.303 e. The molecule has 0 spiro atoms. The van der Waals surface area contributed by atoms with Crippen LogP contribution in [0.15, 0.2) is 0 Å². The zero-order valence-electron chi connectivity index (χ0n) is 7.63. The summed E-state index contributed by atoms with van der Waals surface area (Å²) in [6.45, 7) is 1.49. The van der Waals surface area contributed by atoms with E-state index in [0.29, 0.717) is 5.92 Å². The predicted octanol–water partition coefficient (Wildman–Crippen LogP) is 2.74. The number of carbonyl (C=O) groups excluding carboxylic acids is 1. The highest BCUT2D eigenvalue weighted by atomic mass is 19.1. The van der Waals surface area contributed by atoms with Gasteiger partial charge < -0.3 is 4.79 Å². The first-order valence-corrected chi connectivity index (χ1v) is 4.85. The second kappa shape index (κ2) is 4.58. The first-order chi connectivity index (χ1) is 5.75. The van der Waals surface area contributed by atoms with Gasteiger partial charge in [0.15, 0.2) is 0 Å². The highest BCUT2D eigenvalue weighted by molar-refractivity contribution is 5.55. The molecule has 2 atom stereocenters. The zero-order valence-corrected chi connectivity index (χ0v) is 7.63. The quantitative estimate of drug-likeness (QED) is 0.598. The Labute approximate surface area is 73.3 Å². The SMILES string of the molecule is CC(F)C(C=O)C1CCCCC1. The standard InChI is InChI=1S/C10H17FO/c1-8(11)10(7-12)9-5-3-2-4-6-9/h7-10H,2-6H2,1H3. The Kier molecular flexibility index (Phi) is 3.70. The summed E-state index contributed by atoms with van der Waals surface area (Å²) in [5.41, 5.74) is 0. The molecular formula is C10H17FO. The van der Waals surface area contributed by atoms with Crippen LogP contribution in [0.3, 0.4) is 0 Å². The lowest BCUT2D eigenvalue weighted by Gasteiger charge is -2.27. The fourth-order valence-corrected chi connectivity index (χ4v) is 2.11. The van der Waals surface area contributed by atoms with Crippen LogP contribution in [0.4, 0.5) is 4.39 Å². The predicted molar refractivity (Wildman–Crippen MR) is 46.7 cm³/mol. The van der Waals surface area contributed by atoms with E-state index >= 15 is 0 Å². The molecule has 2 unspecified atom stereocenters. The molecule has 0 bridgehead atoms. The van der Waals surface area contributed by atoms with Crippen LogP contribution in [0.25, 0.3) is 0 Å². The molecule has 12 heavy (non-hydrogen) atoms. The molecule has 2 heteroatoms. The van der Waals surface area contributed by atoms with Crippen molar-refractivity contribution in [1.82, 2.24) is 0 Å². The molecule has 1 fully saturated rings. The van der Waals surface area contributed by atoms with Gasteiger partial charge in [0.2, 0.25) is 0 Å². The smallest absolute Gasteiger partial charge is 0.126 e. The molecular weight excluding hydrogens is 155 g/mol. The van der Waals surface area contributed by atoms with Crippen molar-refractivity contribution in [2.24, 2.45) is 11.8 Å². The molecule has 1 aliphatic carbocycles. The van der Waals surface area contributed by atoms with Crippen molar-refractivity contribution in [2.45, 2.75) is 45.2 Å². The Hall–Kier alpha value is -0.400. The maximum atomic E-state index is 12.9. The number of aldehydes is 1. The van der Waals surface area contributed by atoms with Gasteiger partial charge in [-0.15, -0.1) is 0 Å². The Bertz CT molecular complexity index is 139. The topological polar surface area (TPSA) is 17.1 Å². The summed E-state index contributed by atoms with van der Waals surface area (Å²) in [6.07, 6.45) is 5.51. The summed E-state index contributed by atoms with van der Waals surface area (Å²) in [6, 6.07) is 0. The van der Waals surface area contributed by atoms with Gasteiger partial charge in [0.05, 0.1) is 0 Å². The molecule has 1 nitrogen and oxygen atoms in total. The number of alkyl halides is 1. The van der Waals surface area contributed by atoms with E-state index in [2.05, 4.69) is 0 Å². The summed E-state index contributed by atoms with van der Waals surface area (Å²) in [7, 11) is 0. The highest BCUT2D eigenvalue weighted by Gasteiger charge is 2.27. The molecule has 1 aliphatic rings. The van der Waals surface area contributed by atoms with Crippen LogP contribution < -0.4 is 0 Å². The van der Waals surface area contributed by atoms with E-state index in [-0.39, 0.29) is 5.92 Å². The van der Waals surface area contributed by atoms with Crippen LogP contribution in [-0.4, -0.2) is 12.5 Å². The number of rotatable bonds is 3. The zero-order chi connectivity index (χ0) is 8.97. The molecule has 0 aromatic rings. The van der Waals surface area contributed by atoms with E-state index in [1.54, 1.807) is 0 Å². The van der Waals surface area contributed by atoms with Gasteiger partial charge in [-0.2, -0.15) is 0 Å². The Morgan fingerprint density at radius 3 is 2.33 bits per heavy atom. The van der Waals surface area contributed by atoms with Crippen LogP contribution in [0.1, 0.15) is 39.0 Å². The van der Waals surface area contributed by atoms with Crippen LogP contribution >= 0.6 is 0 Å². The van der Waals surface area contributed by atoms with Crippen LogP contribution in [0, 0.1) is 11.8 Å². The van der Waals surface area contributed by atoms with Gasteiger partial charge in [-0.1, -0.05) is 19.3 Å². The monoisotopic (exact) mass is 172 g/mol.